The molecule has 1 saturated heterocycles. The molecule has 1 aromatic rings. The SMILES string of the molecule is NC1=NCC2(CCSC2)N1c1cccc(Br)c1. The largest absolute Gasteiger partial charge is 0.369 e. The maximum Gasteiger partial charge on any atom is 0.196 e. The summed E-state index contributed by atoms with van der Waals surface area (Å²) < 4.78 is 1.08. The van der Waals surface area contributed by atoms with E-state index in [4.69, 9.17) is 5.73 Å². The third-order valence-electron chi connectivity index (χ3n) is 3.39. The molecule has 3 nitrogen and oxygen atoms in total. The van der Waals surface area contributed by atoms with Crippen LogP contribution in [0.4, 0.5) is 5.69 Å². The highest BCUT2D eigenvalue weighted by Gasteiger charge is 2.45. The van der Waals surface area contributed by atoms with Gasteiger partial charge in [-0.25, -0.2) is 0 Å². The molecule has 0 bridgehead atoms. The predicted octanol–water partition coefficient (Wildman–Crippen LogP) is 2.46. The van der Waals surface area contributed by atoms with Gasteiger partial charge in [-0.3, -0.25) is 4.99 Å². The second-order valence-electron chi connectivity index (χ2n) is 4.52. The van der Waals surface area contributed by atoms with Gasteiger partial charge in [-0.15, -0.1) is 0 Å². The monoisotopic (exact) mass is 311 g/mol. The van der Waals surface area contributed by atoms with E-state index in [1.165, 1.54) is 5.75 Å². The van der Waals surface area contributed by atoms with Crippen LogP contribution in [-0.2, 0) is 0 Å². The molecule has 0 aromatic heterocycles. The molecule has 90 valence electrons. The van der Waals surface area contributed by atoms with E-state index in [1.807, 2.05) is 23.9 Å². The average molecular weight is 312 g/mol. The topological polar surface area (TPSA) is 41.6 Å². The molecule has 2 heterocycles. The normalized spacial score (nSPS) is 27.8. The van der Waals surface area contributed by atoms with Gasteiger partial charge in [-0.05, 0) is 30.4 Å². The number of anilines is 1. The van der Waals surface area contributed by atoms with Crippen molar-refractivity contribution in [3.8, 4) is 0 Å². The summed E-state index contributed by atoms with van der Waals surface area (Å²) in [6, 6.07) is 8.28. The number of hydrogen-bond donors (Lipinski definition) is 1. The van der Waals surface area contributed by atoms with E-state index in [1.54, 1.807) is 0 Å². The summed E-state index contributed by atoms with van der Waals surface area (Å²) in [5, 5.41) is 0. The molecule has 0 saturated carbocycles. The molecule has 3 rings (SSSR count). The van der Waals surface area contributed by atoms with Crippen molar-refractivity contribution in [3.05, 3.63) is 28.7 Å². The first-order chi connectivity index (χ1) is 8.21. The average Bonchev–Trinajstić information content (AvgIpc) is 2.88. The van der Waals surface area contributed by atoms with Gasteiger partial charge in [-0.1, -0.05) is 22.0 Å². The summed E-state index contributed by atoms with van der Waals surface area (Å²) in [7, 11) is 0. The highest BCUT2D eigenvalue weighted by atomic mass is 79.9. The lowest BCUT2D eigenvalue weighted by molar-refractivity contribution is 0.516. The third-order valence-corrected chi connectivity index (χ3v) is 5.12. The van der Waals surface area contributed by atoms with Gasteiger partial charge in [0.2, 0.25) is 0 Å². The van der Waals surface area contributed by atoms with Gasteiger partial charge in [0.1, 0.15) is 0 Å². The minimum atomic E-state index is 0.121. The molecule has 1 unspecified atom stereocenters. The number of aliphatic imine (C=N–C) groups is 1. The van der Waals surface area contributed by atoms with Crippen LogP contribution in [0.2, 0.25) is 0 Å². The Labute approximate surface area is 114 Å². The van der Waals surface area contributed by atoms with Crippen molar-refractivity contribution in [2.24, 2.45) is 10.7 Å². The van der Waals surface area contributed by atoms with Crippen LogP contribution in [0.15, 0.2) is 33.7 Å². The Kier molecular flexibility index (Phi) is 2.83. The zero-order valence-corrected chi connectivity index (χ0v) is 11.8. The maximum absolute atomic E-state index is 6.07. The van der Waals surface area contributed by atoms with Crippen LogP contribution in [0.1, 0.15) is 6.42 Å². The van der Waals surface area contributed by atoms with Crippen molar-refractivity contribution in [2.75, 3.05) is 23.0 Å². The molecule has 1 aromatic carbocycles. The molecule has 0 radical (unpaired) electrons. The molecule has 0 amide bonds. The molecular weight excluding hydrogens is 298 g/mol. The number of benzene rings is 1. The summed E-state index contributed by atoms with van der Waals surface area (Å²) in [5.41, 5.74) is 7.33. The molecule has 2 N–H and O–H groups in total. The summed E-state index contributed by atoms with van der Waals surface area (Å²) in [5.74, 6) is 2.97. The van der Waals surface area contributed by atoms with Gasteiger partial charge in [0.05, 0.1) is 12.1 Å². The molecule has 5 heteroatoms. The third kappa shape index (κ3) is 1.85. The van der Waals surface area contributed by atoms with Crippen LogP contribution in [0.3, 0.4) is 0 Å². The first kappa shape index (κ1) is 11.4. The van der Waals surface area contributed by atoms with Crippen molar-refractivity contribution in [3.63, 3.8) is 0 Å². The number of halogens is 1. The number of rotatable bonds is 1. The maximum atomic E-state index is 6.07. The van der Waals surface area contributed by atoms with Crippen molar-refractivity contribution in [1.82, 2.24) is 0 Å². The quantitative estimate of drug-likeness (QED) is 0.866. The molecule has 17 heavy (non-hydrogen) atoms. The Morgan fingerprint density at radius 2 is 2.35 bits per heavy atom. The van der Waals surface area contributed by atoms with Crippen LogP contribution in [-0.4, -0.2) is 29.5 Å². The highest BCUT2D eigenvalue weighted by Crippen LogP contribution is 2.39. The van der Waals surface area contributed by atoms with Crippen molar-refractivity contribution in [2.45, 2.75) is 12.0 Å². The summed E-state index contributed by atoms with van der Waals surface area (Å²) in [4.78, 5) is 6.67. The van der Waals surface area contributed by atoms with Gasteiger partial charge in [0, 0.05) is 15.9 Å². The first-order valence-corrected chi connectivity index (χ1v) is 7.60. The number of nitrogens with two attached hydrogens (primary N) is 1. The lowest BCUT2D eigenvalue weighted by Crippen LogP contribution is -2.52. The minimum Gasteiger partial charge on any atom is -0.369 e. The Bertz CT molecular complexity index is 469. The standard InChI is InChI=1S/C12H14BrN3S/c13-9-2-1-3-10(6-9)16-11(14)15-7-12(16)4-5-17-8-12/h1-3,6H,4-5,7-8H2,(H2,14,15). The number of thioether (sulfide) groups is 1. The number of nitrogens with zero attached hydrogens (tertiary/aromatic N) is 2. The molecule has 1 atom stereocenters. The van der Waals surface area contributed by atoms with E-state index in [0.29, 0.717) is 5.96 Å². The fourth-order valence-electron chi connectivity index (χ4n) is 2.53. The van der Waals surface area contributed by atoms with Crippen LogP contribution in [0, 0.1) is 0 Å². The van der Waals surface area contributed by atoms with Crippen LogP contribution in [0.25, 0.3) is 0 Å². The van der Waals surface area contributed by atoms with Gasteiger partial charge in [0.15, 0.2) is 5.96 Å². The van der Waals surface area contributed by atoms with Crippen LogP contribution >= 0.6 is 27.7 Å². The van der Waals surface area contributed by atoms with E-state index < -0.39 is 0 Å². The fraction of sp³-hybridized carbons (Fsp3) is 0.417. The van der Waals surface area contributed by atoms with Crippen molar-refractivity contribution in [1.29, 1.82) is 0 Å². The molecule has 0 aliphatic carbocycles. The molecular formula is C12H14BrN3S. The van der Waals surface area contributed by atoms with Gasteiger partial charge in [-0.2, -0.15) is 11.8 Å². The van der Waals surface area contributed by atoms with E-state index in [9.17, 15) is 0 Å². The molecule has 1 spiro atoms. The first-order valence-electron chi connectivity index (χ1n) is 5.65. The fourth-order valence-corrected chi connectivity index (χ4v) is 4.33. The van der Waals surface area contributed by atoms with Gasteiger partial charge < -0.3 is 10.6 Å². The molecule has 1 fully saturated rings. The predicted molar refractivity (Wildman–Crippen MR) is 77.8 cm³/mol. The zero-order valence-electron chi connectivity index (χ0n) is 9.40. The Hall–Kier alpha value is -0.680. The highest BCUT2D eigenvalue weighted by molar-refractivity contribution is 9.10. The lowest BCUT2D eigenvalue weighted by Gasteiger charge is -2.35. The zero-order chi connectivity index (χ0) is 11.9. The van der Waals surface area contributed by atoms with Crippen LogP contribution < -0.4 is 10.6 Å². The van der Waals surface area contributed by atoms with Crippen molar-refractivity contribution >= 4 is 39.3 Å². The Morgan fingerprint density at radius 3 is 3.06 bits per heavy atom. The second-order valence-corrected chi connectivity index (χ2v) is 6.54. The number of guanidine groups is 1. The smallest absolute Gasteiger partial charge is 0.196 e. The summed E-state index contributed by atoms with van der Waals surface area (Å²) in [6.07, 6.45) is 1.16. The second kappa shape index (κ2) is 4.21. The minimum absolute atomic E-state index is 0.121. The summed E-state index contributed by atoms with van der Waals surface area (Å²) >= 11 is 5.51. The van der Waals surface area contributed by atoms with Crippen molar-refractivity contribution < 1.29 is 0 Å². The summed E-state index contributed by atoms with van der Waals surface area (Å²) in [6.45, 7) is 0.832. The van der Waals surface area contributed by atoms with Crippen LogP contribution in [0.5, 0.6) is 0 Å². The Balaban J connectivity index is 2.01. The van der Waals surface area contributed by atoms with E-state index in [2.05, 4.69) is 38.0 Å². The Morgan fingerprint density at radius 1 is 1.47 bits per heavy atom. The van der Waals surface area contributed by atoms with Gasteiger partial charge >= 0.3 is 0 Å². The van der Waals surface area contributed by atoms with E-state index in [-0.39, 0.29) is 5.54 Å². The molecule has 2 aliphatic heterocycles. The lowest BCUT2D eigenvalue weighted by atomic mass is 9.97. The van der Waals surface area contributed by atoms with E-state index in [0.717, 1.165) is 28.9 Å². The molecule has 2 aliphatic rings. The van der Waals surface area contributed by atoms with Gasteiger partial charge in [0.25, 0.3) is 0 Å². The van der Waals surface area contributed by atoms with E-state index >= 15 is 0 Å². The number of hydrogen-bond acceptors (Lipinski definition) is 4.